The summed E-state index contributed by atoms with van der Waals surface area (Å²) in [6.07, 6.45) is 0.755. The third kappa shape index (κ3) is 2.70. The Morgan fingerprint density at radius 1 is 1.35 bits per heavy atom. The largest absolute Gasteiger partial charge is 0.445 e. The van der Waals surface area contributed by atoms with Gasteiger partial charge in [-0.25, -0.2) is 9.37 Å². The second-order valence-electron chi connectivity index (χ2n) is 3.75. The van der Waals surface area contributed by atoms with Gasteiger partial charge in [0.2, 0.25) is 0 Å². The number of benzene rings is 1. The molecule has 0 saturated heterocycles. The Morgan fingerprint density at radius 2 is 2.06 bits per heavy atom. The number of rotatable bonds is 3. The van der Waals surface area contributed by atoms with E-state index in [-0.39, 0.29) is 12.2 Å². The van der Waals surface area contributed by atoms with E-state index < -0.39 is 0 Å². The Balaban J connectivity index is 2.16. The third-order valence-corrected chi connectivity index (χ3v) is 2.45. The highest BCUT2D eigenvalue weighted by molar-refractivity contribution is 5.21. The molecule has 0 aliphatic heterocycles. The second-order valence-corrected chi connectivity index (χ2v) is 3.75. The molecule has 17 heavy (non-hydrogen) atoms. The SMILES string of the molecule is Cc1oc(Cc2ccc(F)cc2)nc1CC#N. The summed E-state index contributed by atoms with van der Waals surface area (Å²) in [6, 6.07) is 8.23. The molecule has 2 rings (SSSR count). The van der Waals surface area contributed by atoms with E-state index in [1.807, 2.05) is 6.07 Å². The summed E-state index contributed by atoms with van der Waals surface area (Å²) in [6.45, 7) is 1.79. The van der Waals surface area contributed by atoms with Gasteiger partial charge in [-0.1, -0.05) is 12.1 Å². The summed E-state index contributed by atoms with van der Waals surface area (Å²) in [7, 11) is 0. The number of aromatic nitrogens is 1. The number of nitrogens with zero attached hydrogens (tertiary/aromatic N) is 2. The summed E-state index contributed by atoms with van der Waals surface area (Å²) >= 11 is 0. The van der Waals surface area contributed by atoms with Gasteiger partial charge in [0.15, 0.2) is 5.89 Å². The smallest absolute Gasteiger partial charge is 0.199 e. The molecule has 0 fully saturated rings. The Morgan fingerprint density at radius 3 is 2.71 bits per heavy atom. The minimum Gasteiger partial charge on any atom is -0.445 e. The van der Waals surface area contributed by atoms with Crippen LogP contribution in [0.4, 0.5) is 4.39 Å². The molecule has 0 N–H and O–H groups in total. The maximum Gasteiger partial charge on any atom is 0.199 e. The zero-order valence-electron chi connectivity index (χ0n) is 9.40. The first kappa shape index (κ1) is 11.3. The lowest BCUT2D eigenvalue weighted by Gasteiger charge is -1.96. The maximum absolute atomic E-state index is 12.7. The van der Waals surface area contributed by atoms with Crippen LogP contribution >= 0.6 is 0 Å². The number of nitriles is 1. The minimum atomic E-state index is -0.262. The Kier molecular flexibility index (Phi) is 3.20. The molecule has 1 aromatic heterocycles. The molecular formula is C13H11FN2O. The van der Waals surface area contributed by atoms with Crippen LogP contribution in [0.15, 0.2) is 28.7 Å². The van der Waals surface area contributed by atoms with Crippen molar-refractivity contribution in [1.29, 1.82) is 5.26 Å². The molecule has 4 heteroatoms. The summed E-state index contributed by atoms with van der Waals surface area (Å²) < 4.78 is 18.2. The van der Waals surface area contributed by atoms with Crippen LogP contribution < -0.4 is 0 Å². The highest BCUT2D eigenvalue weighted by Crippen LogP contribution is 2.14. The van der Waals surface area contributed by atoms with Crippen LogP contribution in [0.2, 0.25) is 0 Å². The van der Waals surface area contributed by atoms with Gasteiger partial charge < -0.3 is 4.42 Å². The van der Waals surface area contributed by atoms with Crippen LogP contribution in [-0.2, 0) is 12.8 Å². The van der Waals surface area contributed by atoms with Crippen LogP contribution in [-0.4, -0.2) is 4.98 Å². The molecule has 0 aliphatic rings. The Bertz CT molecular complexity index is 552. The van der Waals surface area contributed by atoms with Crippen LogP contribution in [0, 0.1) is 24.1 Å². The fraction of sp³-hybridized carbons (Fsp3) is 0.231. The first-order valence-electron chi connectivity index (χ1n) is 5.25. The lowest BCUT2D eigenvalue weighted by Crippen LogP contribution is -1.90. The van der Waals surface area contributed by atoms with Gasteiger partial charge in [-0.3, -0.25) is 0 Å². The predicted molar refractivity (Wildman–Crippen MR) is 59.8 cm³/mol. The summed E-state index contributed by atoms with van der Waals surface area (Å²) in [4.78, 5) is 4.23. The zero-order chi connectivity index (χ0) is 12.3. The second kappa shape index (κ2) is 4.79. The van der Waals surface area contributed by atoms with E-state index >= 15 is 0 Å². The van der Waals surface area contributed by atoms with Crippen molar-refractivity contribution in [3.63, 3.8) is 0 Å². The van der Waals surface area contributed by atoms with Crippen LogP contribution in [0.5, 0.6) is 0 Å². The van der Waals surface area contributed by atoms with E-state index in [9.17, 15) is 4.39 Å². The number of hydrogen-bond donors (Lipinski definition) is 0. The van der Waals surface area contributed by atoms with Crippen molar-refractivity contribution < 1.29 is 8.81 Å². The van der Waals surface area contributed by atoms with Crippen molar-refractivity contribution in [3.8, 4) is 6.07 Å². The monoisotopic (exact) mass is 230 g/mol. The molecular weight excluding hydrogens is 219 g/mol. The molecule has 1 aromatic carbocycles. The molecule has 0 unspecified atom stereocenters. The van der Waals surface area contributed by atoms with E-state index in [4.69, 9.17) is 9.68 Å². The first-order valence-corrected chi connectivity index (χ1v) is 5.25. The van der Waals surface area contributed by atoms with Gasteiger partial charge in [-0.2, -0.15) is 5.26 Å². The molecule has 0 aliphatic carbocycles. The van der Waals surface area contributed by atoms with Crippen molar-refractivity contribution in [2.45, 2.75) is 19.8 Å². The quantitative estimate of drug-likeness (QED) is 0.814. The number of hydrogen-bond acceptors (Lipinski definition) is 3. The van der Waals surface area contributed by atoms with E-state index in [0.29, 0.717) is 23.8 Å². The van der Waals surface area contributed by atoms with Gasteiger partial charge in [0.25, 0.3) is 0 Å². The van der Waals surface area contributed by atoms with Gasteiger partial charge in [0, 0.05) is 6.42 Å². The first-order chi connectivity index (χ1) is 8.19. The predicted octanol–water partition coefficient (Wildman–Crippen LogP) is 2.78. The third-order valence-electron chi connectivity index (χ3n) is 2.45. The molecule has 0 radical (unpaired) electrons. The van der Waals surface area contributed by atoms with Crippen molar-refractivity contribution in [2.75, 3.05) is 0 Å². The van der Waals surface area contributed by atoms with Gasteiger partial charge in [-0.15, -0.1) is 0 Å². The summed E-state index contributed by atoms with van der Waals surface area (Å²) in [5.41, 5.74) is 1.60. The molecule has 1 heterocycles. The number of halogens is 1. The van der Waals surface area contributed by atoms with Gasteiger partial charge in [0.1, 0.15) is 11.6 Å². The zero-order valence-corrected chi connectivity index (χ0v) is 9.40. The van der Waals surface area contributed by atoms with Gasteiger partial charge >= 0.3 is 0 Å². The molecule has 0 spiro atoms. The average molecular weight is 230 g/mol. The summed E-state index contributed by atoms with van der Waals surface area (Å²) in [5.74, 6) is 0.963. The van der Waals surface area contributed by atoms with E-state index in [0.717, 1.165) is 5.56 Å². The summed E-state index contributed by atoms with van der Waals surface area (Å²) in [5, 5.41) is 8.60. The van der Waals surface area contributed by atoms with Crippen LogP contribution in [0.1, 0.15) is 22.9 Å². The van der Waals surface area contributed by atoms with E-state index in [1.165, 1.54) is 12.1 Å². The van der Waals surface area contributed by atoms with E-state index in [1.54, 1.807) is 19.1 Å². The van der Waals surface area contributed by atoms with Gasteiger partial charge in [0.05, 0.1) is 18.2 Å². The highest BCUT2D eigenvalue weighted by Gasteiger charge is 2.09. The lowest BCUT2D eigenvalue weighted by atomic mass is 10.1. The maximum atomic E-state index is 12.7. The molecule has 0 amide bonds. The normalized spacial score (nSPS) is 10.2. The molecule has 2 aromatic rings. The number of aryl methyl sites for hydroxylation is 1. The minimum absolute atomic E-state index is 0.249. The topological polar surface area (TPSA) is 49.8 Å². The van der Waals surface area contributed by atoms with E-state index in [2.05, 4.69) is 4.98 Å². The van der Waals surface area contributed by atoms with Gasteiger partial charge in [-0.05, 0) is 24.6 Å². The highest BCUT2D eigenvalue weighted by atomic mass is 19.1. The molecule has 0 bridgehead atoms. The standard InChI is InChI=1S/C13H11FN2O/c1-9-12(6-7-15)16-13(17-9)8-10-2-4-11(14)5-3-10/h2-5H,6,8H2,1H3. The van der Waals surface area contributed by atoms with Crippen molar-refractivity contribution >= 4 is 0 Å². The Labute approximate surface area is 98.5 Å². The average Bonchev–Trinajstić information content (AvgIpc) is 2.63. The number of oxazole rings is 1. The fourth-order valence-corrected chi connectivity index (χ4v) is 1.58. The molecule has 0 atom stereocenters. The van der Waals surface area contributed by atoms with Crippen LogP contribution in [0.3, 0.4) is 0 Å². The molecule has 0 saturated carbocycles. The van der Waals surface area contributed by atoms with Crippen LogP contribution in [0.25, 0.3) is 0 Å². The van der Waals surface area contributed by atoms with Crippen molar-refractivity contribution in [2.24, 2.45) is 0 Å². The molecule has 3 nitrogen and oxygen atoms in total. The Hall–Kier alpha value is -2.15. The van der Waals surface area contributed by atoms with Crippen molar-refractivity contribution in [1.82, 2.24) is 4.98 Å². The van der Waals surface area contributed by atoms with Crippen molar-refractivity contribution in [3.05, 3.63) is 53.0 Å². The molecule has 86 valence electrons. The lowest BCUT2D eigenvalue weighted by molar-refractivity contribution is 0.480. The fourth-order valence-electron chi connectivity index (χ4n) is 1.58.